The third kappa shape index (κ3) is 2.98. The number of aryl methyl sites for hydroxylation is 2. The third-order valence-corrected chi connectivity index (χ3v) is 3.99. The molecule has 104 valence electrons. The standard InChI is InChI=1S/C16H23NO2/c1-11-7-8-12(2)14(10-11)16(19)17-9-5-4-6-15(17)13(3)18/h7-8,10,13,15,18H,4-6,9H2,1-3H3/t13-,15+/m0/s1. The first-order chi connectivity index (χ1) is 9.00. The van der Waals surface area contributed by atoms with Gasteiger partial charge in [0.15, 0.2) is 0 Å². The number of benzene rings is 1. The van der Waals surface area contributed by atoms with Crippen molar-refractivity contribution in [3.8, 4) is 0 Å². The number of rotatable bonds is 2. The number of hydrogen-bond donors (Lipinski definition) is 1. The monoisotopic (exact) mass is 261 g/mol. The quantitative estimate of drug-likeness (QED) is 0.889. The predicted molar refractivity (Wildman–Crippen MR) is 76.3 cm³/mol. The minimum Gasteiger partial charge on any atom is -0.391 e. The van der Waals surface area contributed by atoms with Crippen molar-refractivity contribution < 1.29 is 9.90 Å². The van der Waals surface area contributed by atoms with E-state index in [9.17, 15) is 9.90 Å². The molecule has 0 aliphatic carbocycles. The molecular weight excluding hydrogens is 238 g/mol. The van der Waals surface area contributed by atoms with Crippen LogP contribution >= 0.6 is 0 Å². The van der Waals surface area contributed by atoms with Gasteiger partial charge in [-0.1, -0.05) is 17.7 Å². The van der Waals surface area contributed by atoms with E-state index in [-0.39, 0.29) is 11.9 Å². The predicted octanol–water partition coefficient (Wildman–Crippen LogP) is 2.68. The van der Waals surface area contributed by atoms with Crippen LogP contribution in [0.4, 0.5) is 0 Å². The number of aliphatic hydroxyl groups is 1. The lowest BCUT2D eigenvalue weighted by Crippen LogP contribution is -2.49. The Kier molecular flexibility index (Phi) is 4.25. The highest BCUT2D eigenvalue weighted by atomic mass is 16.3. The molecular formula is C16H23NO2. The molecule has 1 saturated heterocycles. The second-order valence-electron chi connectivity index (χ2n) is 5.62. The van der Waals surface area contributed by atoms with E-state index in [0.29, 0.717) is 0 Å². The number of nitrogens with zero attached hydrogens (tertiary/aromatic N) is 1. The van der Waals surface area contributed by atoms with Crippen molar-refractivity contribution in [2.45, 2.75) is 52.2 Å². The van der Waals surface area contributed by atoms with E-state index in [1.165, 1.54) is 0 Å². The van der Waals surface area contributed by atoms with Crippen molar-refractivity contribution in [2.75, 3.05) is 6.54 Å². The maximum absolute atomic E-state index is 12.7. The van der Waals surface area contributed by atoms with Crippen LogP contribution in [0.1, 0.15) is 47.7 Å². The van der Waals surface area contributed by atoms with Crippen molar-refractivity contribution >= 4 is 5.91 Å². The SMILES string of the molecule is Cc1ccc(C)c(C(=O)N2CCCC[C@@H]2[C@H](C)O)c1. The van der Waals surface area contributed by atoms with E-state index < -0.39 is 6.10 Å². The minimum atomic E-state index is -0.464. The Morgan fingerprint density at radius 3 is 2.79 bits per heavy atom. The molecule has 0 saturated carbocycles. The molecule has 1 aromatic carbocycles. The Balaban J connectivity index is 2.28. The normalized spacial score (nSPS) is 21.3. The third-order valence-electron chi connectivity index (χ3n) is 3.99. The number of carbonyl (C=O) groups is 1. The summed E-state index contributed by atoms with van der Waals surface area (Å²) in [5, 5.41) is 9.87. The molecule has 2 atom stereocenters. The highest BCUT2D eigenvalue weighted by molar-refractivity contribution is 5.96. The molecule has 0 aromatic heterocycles. The largest absolute Gasteiger partial charge is 0.391 e. The molecule has 1 amide bonds. The van der Waals surface area contributed by atoms with Gasteiger partial charge in [0.2, 0.25) is 0 Å². The summed E-state index contributed by atoms with van der Waals surface area (Å²) < 4.78 is 0. The van der Waals surface area contributed by atoms with E-state index in [0.717, 1.165) is 42.5 Å². The van der Waals surface area contributed by atoms with Gasteiger partial charge in [-0.15, -0.1) is 0 Å². The number of hydrogen-bond acceptors (Lipinski definition) is 2. The fraction of sp³-hybridized carbons (Fsp3) is 0.562. The Morgan fingerprint density at radius 2 is 2.11 bits per heavy atom. The lowest BCUT2D eigenvalue weighted by atomic mass is 9.96. The Labute approximate surface area is 115 Å². The molecule has 1 N–H and O–H groups in total. The molecule has 1 aliphatic rings. The van der Waals surface area contributed by atoms with Crippen LogP contribution in [0.2, 0.25) is 0 Å². The van der Waals surface area contributed by atoms with Crippen LogP contribution in [0, 0.1) is 13.8 Å². The average Bonchev–Trinajstić information content (AvgIpc) is 2.40. The summed E-state index contributed by atoms with van der Waals surface area (Å²) in [6.07, 6.45) is 2.55. The van der Waals surface area contributed by atoms with Crippen LogP contribution in [-0.2, 0) is 0 Å². The first kappa shape index (κ1) is 14.1. The zero-order chi connectivity index (χ0) is 14.0. The van der Waals surface area contributed by atoms with E-state index in [4.69, 9.17) is 0 Å². The topological polar surface area (TPSA) is 40.5 Å². The maximum atomic E-state index is 12.7. The average molecular weight is 261 g/mol. The molecule has 1 aromatic rings. The molecule has 0 bridgehead atoms. The molecule has 1 aliphatic heterocycles. The van der Waals surface area contributed by atoms with Crippen LogP contribution in [0.15, 0.2) is 18.2 Å². The van der Waals surface area contributed by atoms with Gasteiger partial charge in [0, 0.05) is 12.1 Å². The summed E-state index contributed by atoms with van der Waals surface area (Å²) in [6, 6.07) is 5.92. The molecule has 0 unspecified atom stereocenters. The van der Waals surface area contributed by atoms with Crippen molar-refractivity contribution in [1.82, 2.24) is 4.90 Å². The van der Waals surface area contributed by atoms with Crippen LogP contribution in [-0.4, -0.2) is 34.6 Å². The van der Waals surface area contributed by atoms with Gasteiger partial charge in [0.25, 0.3) is 5.91 Å². The zero-order valence-corrected chi connectivity index (χ0v) is 12.0. The molecule has 0 radical (unpaired) electrons. The first-order valence-electron chi connectivity index (χ1n) is 7.07. The molecule has 3 heteroatoms. The highest BCUT2D eigenvalue weighted by Crippen LogP contribution is 2.23. The van der Waals surface area contributed by atoms with E-state index in [1.54, 1.807) is 6.92 Å². The molecule has 2 rings (SSSR count). The van der Waals surface area contributed by atoms with Crippen molar-refractivity contribution in [3.05, 3.63) is 34.9 Å². The van der Waals surface area contributed by atoms with Crippen LogP contribution in [0.3, 0.4) is 0 Å². The van der Waals surface area contributed by atoms with Crippen LogP contribution in [0.25, 0.3) is 0 Å². The summed E-state index contributed by atoms with van der Waals surface area (Å²) in [5.41, 5.74) is 2.87. The van der Waals surface area contributed by atoms with Crippen LogP contribution < -0.4 is 0 Å². The summed E-state index contributed by atoms with van der Waals surface area (Å²) in [6.45, 7) is 6.49. The summed E-state index contributed by atoms with van der Waals surface area (Å²) in [5.74, 6) is 0.0619. The molecule has 0 spiro atoms. The van der Waals surface area contributed by atoms with Gasteiger partial charge in [-0.05, 0) is 51.7 Å². The van der Waals surface area contributed by atoms with Crippen LogP contribution in [0.5, 0.6) is 0 Å². The van der Waals surface area contributed by atoms with Gasteiger partial charge in [-0.2, -0.15) is 0 Å². The summed E-state index contributed by atoms with van der Waals surface area (Å²) in [7, 11) is 0. The first-order valence-corrected chi connectivity index (χ1v) is 7.07. The van der Waals surface area contributed by atoms with Crippen molar-refractivity contribution in [2.24, 2.45) is 0 Å². The molecule has 3 nitrogen and oxygen atoms in total. The minimum absolute atomic E-state index is 0.0406. The Hall–Kier alpha value is -1.35. The van der Waals surface area contributed by atoms with Crippen molar-refractivity contribution in [1.29, 1.82) is 0 Å². The summed E-state index contributed by atoms with van der Waals surface area (Å²) >= 11 is 0. The zero-order valence-electron chi connectivity index (χ0n) is 12.0. The number of piperidine rings is 1. The van der Waals surface area contributed by atoms with E-state index >= 15 is 0 Å². The second-order valence-corrected chi connectivity index (χ2v) is 5.62. The van der Waals surface area contributed by atoms with E-state index in [1.807, 2.05) is 36.9 Å². The fourth-order valence-electron chi connectivity index (χ4n) is 2.83. The number of carbonyl (C=O) groups excluding carboxylic acids is 1. The molecule has 1 fully saturated rings. The number of likely N-dealkylation sites (tertiary alicyclic amines) is 1. The smallest absolute Gasteiger partial charge is 0.254 e. The van der Waals surface area contributed by atoms with E-state index in [2.05, 4.69) is 0 Å². The summed E-state index contributed by atoms with van der Waals surface area (Å²) in [4.78, 5) is 14.6. The highest BCUT2D eigenvalue weighted by Gasteiger charge is 2.30. The van der Waals surface area contributed by atoms with Gasteiger partial charge in [-0.25, -0.2) is 0 Å². The number of aliphatic hydroxyl groups excluding tert-OH is 1. The van der Waals surface area contributed by atoms with Gasteiger partial charge in [-0.3, -0.25) is 4.79 Å². The van der Waals surface area contributed by atoms with Crippen molar-refractivity contribution in [3.63, 3.8) is 0 Å². The molecule has 1 heterocycles. The number of amides is 1. The lowest BCUT2D eigenvalue weighted by molar-refractivity contribution is 0.0280. The van der Waals surface area contributed by atoms with Gasteiger partial charge >= 0.3 is 0 Å². The van der Waals surface area contributed by atoms with Gasteiger partial charge < -0.3 is 10.0 Å². The Morgan fingerprint density at radius 1 is 1.37 bits per heavy atom. The fourth-order valence-corrected chi connectivity index (χ4v) is 2.83. The van der Waals surface area contributed by atoms with Gasteiger partial charge in [0.1, 0.15) is 0 Å². The maximum Gasteiger partial charge on any atom is 0.254 e. The van der Waals surface area contributed by atoms with Gasteiger partial charge in [0.05, 0.1) is 12.1 Å². The Bertz CT molecular complexity index is 468. The second kappa shape index (κ2) is 5.74. The molecule has 19 heavy (non-hydrogen) atoms. The lowest BCUT2D eigenvalue weighted by Gasteiger charge is -2.37.